The monoisotopic (exact) mass is 1220 g/mol. The molecule has 38 heteroatoms. The maximum Gasteiger partial charge on any atom is 0.187 e. The first-order valence-corrected chi connectivity index (χ1v) is 26.4. The van der Waals surface area contributed by atoms with Gasteiger partial charge in [-0.2, -0.15) is 0 Å². The Kier molecular flexibility index (Phi) is 23.5. The highest BCUT2D eigenvalue weighted by Gasteiger charge is 2.56. The van der Waals surface area contributed by atoms with Crippen LogP contribution in [0.4, 0.5) is 0 Å². The van der Waals surface area contributed by atoms with Crippen molar-refractivity contribution < 1.29 is 189 Å². The van der Waals surface area contributed by atoms with Gasteiger partial charge in [0, 0.05) is 0 Å². The first-order chi connectivity index (χ1) is 39.3. The normalized spacial score (nSPS) is 53.9. The summed E-state index contributed by atoms with van der Waals surface area (Å²) in [5.74, 6) is 0. The van der Waals surface area contributed by atoms with Crippen molar-refractivity contribution in [2.45, 2.75) is 227 Å². The fourth-order valence-electron chi connectivity index (χ4n) is 10.3. The molecule has 8 heterocycles. The zero-order valence-corrected chi connectivity index (χ0v) is 43.4. The fourth-order valence-corrected chi connectivity index (χ4v) is 10.3. The maximum atomic E-state index is 11.3. The molecule has 0 aliphatic carbocycles. The zero-order valence-electron chi connectivity index (χ0n) is 43.4. The van der Waals surface area contributed by atoms with Crippen LogP contribution >= 0.6 is 0 Å². The lowest BCUT2D eigenvalue weighted by atomic mass is 9.96. The van der Waals surface area contributed by atoms with Crippen LogP contribution in [0.3, 0.4) is 0 Å². The average molecular weight is 1230 g/mol. The molecule has 0 amide bonds. The van der Waals surface area contributed by atoms with E-state index in [4.69, 9.17) is 71.1 Å². The second-order valence-electron chi connectivity index (χ2n) is 21.1. The van der Waals surface area contributed by atoms with Gasteiger partial charge in [-0.1, -0.05) is 0 Å². The topological polar surface area (TPSA) is 604 Å². The van der Waals surface area contributed by atoms with Crippen LogP contribution in [0.15, 0.2) is 0 Å². The summed E-state index contributed by atoms with van der Waals surface area (Å²) in [5, 5.41) is 243. The van der Waals surface area contributed by atoms with Crippen molar-refractivity contribution in [3.05, 3.63) is 0 Å². The first kappa shape index (κ1) is 67.4. The van der Waals surface area contributed by atoms with Crippen LogP contribution in [0.1, 0.15) is 0 Å². The Morgan fingerprint density at radius 2 is 0.602 bits per heavy atom. The van der Waals surface area contributed by atoms with Gasteiger partial charge in [0.25, 0.3) is 0 Å². The van der Waals surface area contributed by atoms with Crippen LogP contribution in [-0.2, 0) is 71.1 Å². The van der Waals surface area contributed by atoms with E-state index >= 15 is 0 Å². The van der Waals surface area contributed by atoms with Gasteiger partial charge in [0.2, 0.25) is 0 Å². The quantitative estimate of drug-likeness (QED) is 0.0571. The minimum Gasteiger partial charge on any atom is -0.394 e. The Bertz CT molecular complexity index is 1970. The van der Waals surface area contributed by atoms with E-state index in [1.165, 1.54) is 0 Å². The summed E-state index contributed by atoms with van der Waals surface area (Å²) < 4.78 is 83.0. The Hall–Kier alpha value is -1.52. The van der Waals surface area contributed by atoms with Gasteiger partial charge >= 0.3 is 0 Å². The Morgan fingerprint density at radius 1 is 0.265 bits per heavy atom. The molecule has 8 aliphatic heterocycles. The van der Waals surface area contributed by atoms with Crippen LogP contribution in [0.5, 0.6) is 0 Å². The van der Waals surface area contributed by atoms with Crippen molar-refractivity contribution in [3.63, 3.8) is 0 Å². The summed E-state index contributed by atoms with van der Waals surface area (Å²) >= 11 is 0. The lowest BCUT2D eigenvalue weighted by molar-refractivity contribution is -0.384. The predicted molar refractivity (Wildman–Crippen MR) is 246 cm³/mol. The Balaban J connectivity index is 0.837. The van der Waals surface area contributed by atoms with Crippen molar-refractivity contribution in [2.75, 3.05) is 52.9 Å². The van der Waals surface area contributed by atoms with Gasteiger partial charge in [0.05, 0.1) is 52.9 Å². The van der Waals surface area contributed by atoms with E-state index in [9.17, 15) is 117 Å². The third-order valence-electron chi connectivity index (χ3n) is 15.4. The molecular formula is C45H76O38. The molecule has 484 valence electrons. The molecule has 0 radical (unpaired) electrons. The Morgan fingerprint density at radius 3 is 1.07 bits per heavy atom. The van der Waals surface area contributed by atoms with E-state index in [0.29, 0.717) is 0 Å². The van der Waals surface area contributed by atoms with Crippen LogP contribution in [-0.4, -0.2) is 398 Å². The average Bonchev–Trinajstić information content (AvgIpc) is 3.62. The molecule has 8 rings (SSSR count). The molecule has 0 saturated carbocycles. The SMILES string of the molecule is OCC1OC(O)C(O)C(O)C1OC1OC(COC2OCC(OC3OC(COC4OCC(O)C(O)C4OC4OC(CO)C(OC5OC(COC6OCC(O)C(O)C6O)C(O)C(O)C5O)C(O)C4O)C(O)C(O)C3O)C(O)C2O)C(O)C(O)C1O. The number of ether oxygens (including phenoxy) is 15. The van der Waals surface area contributed by atoms with E-state index < -0.39 is 280 Å². The van der Waals surface area contributed by atoms with E-state index in [-0.39, 0.29) is 0 Å². The molecule has 38 nitrogen and oxygen atoms in total. The highest BCUT2D eigenvalue weighted by molar-refractivity contribution is 4.98. The number of hydrogen-bond acceptors (Lipinski definition) is 38. The molecule has 37 unspecified atom stereocenters. The summed E-state index contributed by atoms with van der Waals surface area (Å²) in [6, 6.07) is 0. The highest BCUT2D eigenvalue weighted by atomic mass is 16.8. The second kappa shape index (κ2) is 29.0. The van der Waals surface area contributed by atoms with Gasteiger partial charge in [-0.15, -0.1) is 0 Å². The molecule has 0 bridgehead atoms. The smallest absolute Gasteiger partial charge is 0.187 e. The van der Waals surface area contributed by atoms with Crippen molar-refractivity contribution in [3.8, 4) is 0 Å². The van der Waals surface area contributed by atoms with Gasteiger partial charge in [0.1, 0.15) is 177 Å². The van der Waals surface area contributed by atoms with E-state index in [1.807, 2.05) is 0 Å². The molecule has 83 heavy (non-hydrogen) atoms. The van der Waals surface area contributed by atoms with Gasteiger partial charge < -0.3 is 189 Å². The van der Waals surface area contributed by atoms with E-state index in [1.54, 1.807) is 0 Å². The molecule has 37 atom stereocenters. The van der Waals surface area contributed by atoms with Crippen LogP contribution in [0, 0.1) is 0 Å². The zero-order chi connectivity index (χ0) is 60.6. The number of rotatable bonds is 19. The maximum absolute atomic E-state index is 11.3. The number of aliphatic hydroxyl groups is 23. The molecule has 23 N–H and O–H groups in total. The number of hydrogen-bond donors (Lipinski definition) is 23. The standard InChI is InChI=1S/C45H76O38/c46-1-11-35(26(59)28(61)38(68)75-11)81-42-32(65)24(57)20(53)14(79-42)6-72-40-30(63)22(55)16(7-73-40)78-41-31(64)23(56)21(54)15(77-41)8-74-45-37(18(51)10(49)4-70-45)83-44-34(67)27(60)36(12(2-47)76-44)82-43-33(66)25(58)19(52)13(80-43)5-71-39-29(62)17(50)9(48)3-69-39/h9-68H,1-8H2. The van der Waals surface area contributed by atoms with Gasteiger partial charge in [-0.05, 0) is 0 Å². The van der Waals surface area contributed by atoms with Crippen LogP contribution in [0.25, 0.3) is 0 Å². The summed E-state index contributed by atoms with van der Waals surface area (Å²) in [5.41, 5.74) is 0. The van der Waals surface area contributed by atoms with Crippen molar-refractivity contribution in [1.82, 2.24) is 0 Å². The van der Waals surface area contributed by atoms with E-state index in [2.05, 4.69) is 0 Å². The van der Waals surface area contributed by atoms with Gasteiger partial charge in [0.15, 0.2) is 50.3 Å². The van der Waals surface area contributed by atoms with Gasteiger partial charge in [-0.3, -0.25) is 0 Å². The summed E-state index contributed by atoms with van der Waals surface area (Å²) in [7, 11) is 0. The van der Waals surface area contributed by atoms with Crippen LogP contribution in [0.2, 0.25) is 0 Å². The Labute approximate surface area is 468 Å². The lowest BCUT2D eigenvalue weighted by Gasteiger charge is -2.47. The highest BCUT2D eigenvalue weighted by Crippen LogP contribution is 2.35. The third-order valence-corrected chi connectivity index (χ3v) is 15.4. The van der Waals surface area contributed by atoms with Gasteiger partial charge in [-0.25, -0.2) is 0 Å². The fraction of sp³-hybridized carbons (Fsp3) is 1.00. The summed E-state index contributed by atoms with van der Waals surface area (Å²) in [4.78, 5) is 0. The lowest BCUT2D eigenvalue weighted by Crippen LogP contribution is -2.66. The van der Waals surface area contributed by atoms with Crippen molar-refractivity contribution >= 4 is 0 Å². The predicted octanol–water partition coefficient (Wildman–Crippen LogP) is -16.5. The van der Waals surface area contributed by atoms with Crippen molar-refractivity contribution in [1.29, 1.82) is 0 Å². The molecule has 0 aromatic heterocycles. The molecule has 0 aromatic carbocycles. The molecular weight excluding hydrogens is 1150 g/mol. The van der Waals surface area contributed by atoms with E-state index in [0.717, 1.165) is 0 Å². The summed E-state index contributed by atoms with van der Waals surface area (Å²) in [6.07, 6.45) is -68.3. The first-order valence-electron chi connectivity index (χ1n) is 26.4. The molecule has 8 aliphatic rings. The molecule has 0 spiro atoms. The minimum atomic E-state index is -2.18. The molecule has 0 aromatic rings. The minimum absolute atomic E-state index is 0.446. The van der Waals surface area contributed by atoms with Crippen LogP contribution < -0.4 is 0 Å². The third kappa shape index (κ3) is 14.6. The molecule has 8 saturated heterocycles. The van der Waals surface area contributed by atoms with Crippen molar-refractivity contribution in [2.24, 2.45) is 0 Å². The summed E-state index contributed by atoms with van der Waals surface area (Å²) in [6.45, 7) is -5.87. The second-order valence-corrected chi connectivity index (χ2v) is 21.1. The number of aliphatic hydroxyl groups excluding tert-OH is 23. The largest absolute Gasteiger partial charge is 0.394 e. The molecule has 8 fully saturated rings.